The standard InChI is InChI=1S/C22H28F3N3O3/c1-12-13(2)19(31-22(3,24)25)6-5-15(12)20-21(29)16(18-11-28(18)30)9-17(27-20)14(7-8-23)10-26-4/h5-6,9,14,18,26,29-30H,7-8,10-11H2,1-4H3. The molecule has 0 bridgehead atoms. The Morgan fingerprint density at radius 3 is 2.55 bits per heavy atom. The number of rotatable bonds is 9. The van der Waals surface area contributed by atoms with Crippen LogP contribution < -0.4 is 10.1 Å². The van der Waals surface area contributed by atoms with Crippen molar-refractivity contribution >= 4 is 0 Å². The van der Waals surface area contributed by atoms with Crippen LogP contribution in [0.1, 0.15) is 47.7 Å². The Kier molecular flexibility index (Phi) is 6.78. The quantitative estimate of drug-likeness (QED) is 0.501. The van der Waals surface area contributed by atoms with Crippen molar-refractivity contribution in [3.63, 3.8) is 0 Å². The van der Waals surface area contributed by atoms with E-state index in [1.54, 1.807) is 33.0 Å². The number of benzene rings is 1. The van der Waals surface area contributed by atoms with Crippen molar-refractivity contribution in [2.24, 2.45) is 0 Å². The van der Waals surface area contributed by atoms with Crippen molar-refractivity contribution in [2.75, 3.05) is 26.8 Å². The van der Waals surface area contributed by atoms with E-state index in [2.05, 4.69) is 10.3 Å². The van der Waals surface area contributed by atoms with Crippen LogP contribution >= 0.6 is 0 Å². The lowest BCUT2D eigenvalue weighted by molar-refractivity contribution is -0.159. The number of pyridine rings is 1. The lowest BCUT2D eigenvalue weighted by Gasteiger charge is -2.21. The Labute approximate surface area is 179 Å². The molecule has 1 aromatic carbocycles. The minimum absolute atomic E-state index is 0.0406. The van der Waals surface area contributed by atoms with Gasteiger partial charge in [0.25, 0.3) is 0 Å². The van der Waals surface area contributed by atoms with Crippen molar-refractivity contribution in [3.8, 4) is 22.8 Å². The summed E-state index contributed by atoms with van der Waals surface area (Å²) in [6, 6.07) is 4.33. The summed E-state index contributed by atoms with van der Waals surface area (Å²) in [7, 11) is 1.76. The molecule has 9 heteroatoms. The summed E-state index contributed by atoms with van der Waals surface area (Å²) in [5.74, 6) is -0.286. The molecule has 0 aliphatic carbocycles. The van der Waals surface area contributed by atoms with Crippen LogP contribution in [-0.4, -0.2) is 53.3 Å². The fourth-order valence-corrected chi connectivity index (χ4v) is 3.71. The number of hydroxylamine groups is 2. The molecular formula is C22H28F3N3O3. The minimum atomic E-state index is -3.32. The highest BCUT2D eigenvalue weighted by Crippen LogP contribution is 2.44. The molecule has 1 fully saturated rings. The normalized spacial score (nSPS) is 19.4. The smallest absolute Gasteiger partial charge is 0.394 e. The van der Waals surface area contributed by atoms with Crippen LogP contribution in [-0.2, 0) is 0 Å². The van der Waals surface area contributed by atoms with Crippen LogP contribution in [0.4, 0.5) is 13.2 Å². The van der Waals surface area contributed by atoms with Gasteiger partial charge in [0.05, 0.1) is 12.7 Å². The second-order valence-electron chi connectivity index (χ2n) is 7.97. The number of likely N-dealkylation sites (N-methyl/N-ethyl adjacent to an activating group) is 1. The number of aromatic hydroxyl groups is 1. The van der Waals surface area contributed by atoms with Gasteiger partial charge in [0.15, 0.2) is 0 Å². The zero-order chi connectivity index (χ0) is 22.9. The average molecular weight is 439 g/mol. The molecule has 2 aromatic rings. The molecule has 3 atom stereocenters. The minimum Gasteiger partial charge on any atom is -0.505 e. The number of halogens is 3. The number of hydrogen-bond donors (Lipinski definition) is 3. The van der Waals surface area contributed by atoms with E-state index in [-0.39, 0.29) is 35.6 Å². The van der Waals surface area contributed by atoms with Crippen molar-refractivity contribution in [2.45, 2.75) is 45.3 Å². The lowest BCUT2D eigenvalue weighted by Crippen LogP contribution is -2.20. The SMILES string of the molecule is CNCC(CCF)c1cc(C2CN2O)c(O)c(-c2ccc(OC(C)(F)F)c(C)c2C)n1. The molecule has 6 nitrogen and oxygen atoms in total. The summed E-state index contributed by atoms with van der Waals surface area (Å²) >= 11 is 0. The Morgan fingerprint density at radius 1 is 1.32 bits per heavy atom. The third kappa shape index (κ3) is 5.11. The highest BCUT2D eigenvalue weighted by molar-refractivity contribution is 5.74. The number of hydrogen-bond acceptors (Lipinski definition) is 6. The van der Waals surface area contributed by atoms with Crippen LogP contribution in [0.25, 0.3) is 11.3 Å². The first-order valence-corrected chi connectivity index (χ1v) is 10.1. The first kappa shape index (κ1) is 23.3. The van der Waals surface area contributed by atoms with E-state index < -0.39 is 12.8 Å². The zero-order valence-electron chi connectivity index (χ0n) is 18.0. The largest absolute Gasteiger partial charge is 0.505 e. The third-order valence-electron chi connectivity index (χ3n) is 5.60. The summed E-state index contributed by atoms with van der Waals surface area (Å²) in [4.78, 5) is 4.64. The summed E-state index contributed by atoms with van der Waals surface area (Å²) in [5.41, 5.74) is 3.03. The zero-order valence-corrected chi connectivity index (χ0v) is 18.0. The fourth-order valence-electron chi connectivity index (χ4n) is 3.71. The number of alkyl halides is 3. The van der Waals surface area contributed by atoms with E-state index in [0.29, 0.717) is 48.0 Å². The van der Waals surface area contributed by atoms with Crippen molar-refractivity contribution in [1.29, 1.82) is 0 Å². The molecule has 0 saturated carbocycles. The lowest BCUT2D eigenvalue weighted by atomic mass is 9.94. The molecule has 2 heterocycles. The van der Waals surface area contributed by atoms with Gasteiger partial charge in [0.2, 0.25) is 0 Å². The van der Waals surface area contributed by atoms with E-state index in [9.17, 15) is 23.5 Å². The van der Waals surface area contributed by atoms with E-state index >= 15 is 0 Å². The Hall–Kier alpha value is -2.36. The number of ether oxygens (including phenoxy) is 1. The van der Waals surface area contributed by atoms with Gasteiger partial charge in [-0.05, 0) is 56.6 Å². The monoisotopic (exact) mass is 439 g/mol. The summed E-state index contributed by atoms with van der Waals surface area (Å²) in [6.45, 7) is 4.40. The van der Waals surface area contributed by atoms with Gasteiger partial charge in [-0.3, -0.25) is 4.39 Å². The molecule has 3 rings (SSSR count). The molecule has 3 unspecified atom stereocenters. The van der Waals surface area contributed by atoms with Gasteiger partial charge < -0.3 is 20.4 Å². The summed E-state index contributed by atoms with van der Waals surface area (Å²) in [6.07, 6.45) is -3.07. The summed E-state index contributed by atoms with van der Waals surface area (Å²) < 4.78 is 44.6. The second-order valence-corrected chi connectivity index (χ2v) is 7.97. The predicted octanol–water partition coefficient (Wildman–Crippen LogP) is 4.47. The Bertz CT molecular complexity index is 944. The van der Waals surface area contributed by atoms with E-state index in [4.69, 9.17) is 4.74 Å². The van der Waals surface area contributed by atoms with Crippen LogP contribution in [0.3, 0.4) is 0 Å². The molecule has 1 aliphatic heterocycles. The molecule has 0 amide bonds. The maximum absolute atomic E-state index is 13.3. The maximum atomic E-state index is 13.3. The second kappa shape index (κ2) is 9.02. The first-order chi connectivity index (χ1) is 14.6. The van der Waals surface area contributed by atoms with Crippen LogP contribution in [0.15, 0.2) is 18.2 Å². The van der Waals surface area contributed by atoms with Crippen LogP contribution in [0, 0.1) is 13.8 Å². The molecule has 1 aromatic heterocycles. The van der Waals surface area contributed by atoms with Gasteiger partial charge in [-0.1, -0.05) is 0 Å². The molecule has 170 valence electrons. The van der Waals surface area contributed by atoms with Crippen LogP contribution in [0.2, 0.25) is 0 Å². The first-order valence-electron chi connectivity index (χ1n) is 10.1. The highest BCUT2D eigenvalue weighted by Gasteiger charge is 2.38. The topological polar surface area (TPSA) is 77.6 Å². The number of aromatic nitrogens is 1. The Morgan fingerprint density at radius 2 is 2.00 bits per heavy atom. The van der Waals surface area contributed by atoms with Gasteiger partial charge in [-0.25, -0.2) is 4.98 Å². The molecule has 31 heavy (non-hydrogen) atoms. The predicted molar refractivity (Wildman–Crippen MR) is 111 cm³/mol. The maximum Gasteiger partial charge on any atom is 0.394 e. The van der Waals surface area contributed by atoms with Crippen molar-refractivity contribution in [1.82, 2.24) is 15.4 Å². The third-order valence-corrected chi connectivity index (χ3v) is 5.60. The highest BCUT2D eigenvalue weighted by atomic mass is 19.3. The summed E-state index contributed by atoms with van der Waals surface area (Å²) in [5, 5.41) is 24.9. The molecule has 0 spiro atoms. The molecule has 3 N–H and O–H groups in total. The Balaban J connectivity index is 2.13. The average Bonchev–Trinajstić information content (AvgIpc) is 3.41. The fraction of sp³-hybridized carbons (Fsp3) is 0.500. The van der Waals surface area contributed by atoms with E-state index in [1.165, 1.54) is 6.07 Å². The van der Waals surface area contributed by atoms with Crippen LogP contribution in [0.5, 0.6) is 11.5 Å². The van der Waals surface area contributed by atoms with E-state index in [1.807, 2.05) is 0 Å². The van der Waals surface area contributed by atoms with Gasteiger partial charge in [-0.2, -0.15) is 13.8 Å². The van der Waals surface area contributed by atoms with E-state index in [0.717, 1.165) is 5.06 Å². The van der Waals surface area contributed by atoms with Gasteiger partial charge >= 0.3 is 6.11 Å². The molecular weight excluding hydrogens is 411 g/mol. The molecule has 0 radical (unpaired) electrons. The van der Waals surface area contributed by atoms with Gasteiger partial charge in [0.1, 0.15) is 17.2 Å². The van der Waals surface area contributed by atoms with Gasteiger partial charge in [-0.15, -0.1) is 0 Å². The van der Waals surface area contributed by atoms with Gasteiger partial charge in [0, 0.05) is 42.8 Å². The number of nitrogens with zero attached hydrogens (tertiary/aromatic N) is 2. The molecule has 1 aliphatic rings. The number of nitrogens with one attached hydrogen (secondary N) is 1. The molecule has 1 saturated heterocycles. The van der Waals surface area contributed by atoms with Crippen molar-refractivity contribution < 1.29 is 28.2 Å². The van der Waals surface area contributed by atoms with Crippen molar-refractivity contribution in [3.05, 3.63) is 40.6 Å².